The molecular weight excluding hydrogens is 419 g/mol. The molecule has 0 spiro atoms. The fraction of sp³-hybridized carbons (Fsp3) is 0.333. The van der Waals surface area contributed by atoms with Crippen LogP contribution in [-0.4, -0.2) is 30.1 Å². The molecule has 0 unspecified atom stereocenters. The van der Waals surface area contributed by atoms with Crippen molar-refractivity contribution in [2.75, 3.05) is 12.4 Å². The van der Waals surface area contributed by atoms with E-state index < -0.39 is 11.9 Å². The standard InChI is InChI=1S/C24H24F3N3O2/c1-32-19-11-9-15(10-12-19)23(31)29-18-7-4-6-17(14-18)28-22-20-8-3-2-5-16(20)13-21(30-22)24(25,26)27/h2-3,5,8-13,17-18H,4,6-7,14H2,1H3,(H,28,30)(H,29,31)/t17-,18+/m0/s1. The Morgan fingerprint density at radius 3 is 2.50 bits per heavy atom. The highest BCUT2D eigenvalue weighted by Gasteiger charge is 2.34. The number of ether oxygens (including phenoxy) is 1. The topological polar surface area (TPSA) is 63.2 Å². The third kappa shape index (κ3) is 4.95. The Morgan fingerprint density at radius 2 is 1.78 bits per heavy atom. The number of nitrogens with zero attached hydrogens (tertiary/aromatic N) is 1. The first kappa shape index (κ1) is 21.9. The lowest BCUT2D eigenvalue weighted by atomic mass is 9.90. The second-order valence-electron chi connectivity index (χ2n) is 7.98. The van der Waals surface area contributed by atoms with Crippen LogP contribution in [0.3, 0.4) is 0 Å². The highest BCUT2D eigenvalue weighted by atomic mass is 19.4. The van der Waals surface area contributed by atoms with Gasteiger partial charge in [0.25, 0.3) is 5.91 Å². The number of anilines is 1. The zero-order valence-corrected chi connectivity index (χ0v) is 17.6. The van der Waals surface area contributed by atoms with E-state index in [0.29, 0.717) is 28.5 Å². The minimum absolute atomic E-state index is 0.0760. The summed E-state index contributed by atoms with van der Waals surface area (Å²) in [4.78, 5) is 16.5. The number of amides is 1. The number of methoxy groups -OCH3 is 1. The molecule has 2 N–H and O–H groups in total. The summed E-state index contributed by atoms with van der Waals surface area (Å²) in [6.07, 6.45) is -1.46. The first-order chi connectivity index (χ1) is 15.3. The predicted molar refractivity (Wildman–Crippen MR) is 117 cm³/mol. The van der Waals surface area contributed by atoms with Crippen molar-refractivity contribution in [3.63, 3.8) is 0 Å². The van der Waals surface area contributed by atoms with E-state index in [0.717, 1.165) is 25.3 Å². The number of nitrogens with one attached hydrogen (secondary N) is 2. The molecule has 0 radical (unpaired) electrons. The Kier molecular flexibility index (Phi) is 6.21. The molecule has 0 saturated heterocycles. The lowest BCUT2D eigenvalue weighted by molar-refractivity contribution is -0.141. The van der Waals surface area contributed by atoms with Gasteiger partial charge in [0.15, 0.2) is 0 Å². The fourth-order valence-corrected chi connectivity index (χ4v) is 4.11. The summed E-state index contributed by atoms with van der Waals surface area (Å²) in [5.74, 6) is 0.716. The molecule has 4 rings (SSSR count). The summed E-state index contributed by atoms with van der Waals surface area (Å²) in [6.45, 7) is 0. The van der Waals surface area contributed by atoms with Crippen molar-refractivity contribution < 1.29 is 22.7 Å². The summed E-state index contributed by atoms with van der Waals surface area (Å²) in [5, 5.41) is 7.38. The molecule has 1 aliphatic rings. The van der Waals surface area contributed by atoms with Crippen LogP contribution in [0.2, 0.25) is 0 Å². The fourth-order valence-electron chi connectivity index (χ4n) is 4.11. The molecule has 0 aliphatic heterocycles. The minimum atomic E-state index is -4.53. The molecule has 5 nitrogen and oxygen atoms in total. The van der Waals surface area contributed by atoms with Gasteiger partial charge in [-0.1, -0.05) is 24.3 Å². The second-order valence-corrected chi connectivity index (χ2v) is 7.98. The smallest absolute Gasteiger partial charge is 0.433 e. The van der Waals surface area contributed by atoms with Gasteiger partial charge in [-0.3, -0.25) is 4.79 Å². The van der Waals surface area contributed by atoms with Gasteiger partial charge in [-0.2, -0.15) is 13.2 Å². The number of pyridine rings is 1. The number of aromatic nitrogens is 1. The third-order valence-electron chi connectivity index (χ3n) is 5.73. The maximum atomic E-state index is 13.3. The van der Waals surface area contributed by atoms with Gasteiger partial charge in [0, 0.05) is 23.0 Å². The molecule has 168 valence electrons. The van der Waals surface area contributed by atoms with Crippen LogP contribution in [0.25, 0.3) is 10.8 Å². The summed E-state index contributed by atoms with van der Waals surface area (Å²) in [5.41, 5.74) is -0.384. The lowest BCUT2D eigenvalue weighted by Gasteiger charge is -2.31. The lowest BCUT2D eigenvalue weighted by Crippen LogP contribution is -2.42. The summed E-state index contributed by atoms with van der Waals surface area (Å²) < 4.78 is 45.1. The monoisotopic (exact) mass is 443 g/mol. The van der Waals surface area contributed by atoms with Crippen LogP contribution in [0.4, 0.5) is 19.0 Å². The van der Waals surface area contributed by atoms with Crippen LogP contribution >= 0.6 is 0 Å². The molecule has 1 fully saturated rings. The second kappa shape index (κ2) is 9.06. The van der Waals surface area contributed by atoms with Crippen molar-refractivity contribution in [2.24, 2.45) is 0 Å². The zero-order chi connectivity index (χ0) is 22.7. The van der Waals surface area contributed by atoms with E-state index in [1.54, 1.807) is 55.6 Å². The van der Waals surface area contributed by atoms with E-state index in [2.05, 4.69) is 15.6 Å². The van der Waals surface area contributed by atoms with Gasteiger partial charge in [-0.15, -0.1) is 0 Å². The Labute approximate surface area is 184 Å². The molecular formula is C24H24F3N3O2. The number of benzene rings is 2. The molecule has 32 heavy (non-hydrogen) atoms. The Balaban J connectivity index is 1.48. The number of alkyl halides is 3. The third-order valence-corrected chi connectivity index (χ3v) is 5.73. The molecule has 1 saturated carbocycles. The average molecular weight is 443 g/mol. The number of fused-ring (bicyclic) bond motifs is 1. The van der Waals surface area contributed by atoms with Gasteiger partial charge >= 0.3 is 6.18 Å². The number of carbonyl (C=O) groups is 1. The van der Waals surface area contributed by atoms with Crippen molar-refractivity contribution >= 4 is 22.5 Å². The van der Waals surface area contributed by atoms with E-state index in [4.69, 9.17) is 4.74 Å². The van der Waals surface area contributed by atoms with Crippen molar-refractivity contribution in [1.82, 2.24) is 10.3 Å². The summed E-state index contributed by atoms with van der Waals surface area (Å²) in [6, 6.07) is 14.6. The first-order valence-corrected chi connectivity index (χ1v) is 10.5. The highest BCUT2D eigenvalue weighted by molar-refractivity contribution is 5.94. The maximum Gasteiger partial charge on any atom is 0.433 e. The Hall–Kier alpha value is -3.29. The van der Waals surface area contributed by atoms with Gasteiger partial charge in [0.05, 0.1) is 7.11 Å². The van der Waals surface area contributed by atoms with E-state index in [-0.39, 0.29) is 23.8 Å². The van der Waals surface area contributed by atoms with E-state index in [1.165, 1.54) is 0 Å². The van der Waals surface area contributed by atoms with Crippen molar-refractivity contribution in [3.05, 3.63) is 65.9 Å². The van der Waals surface area contributed by atoms with E-state index in [9.17, 15) is 18.0 Å². The molecule has 3 aromatic rings. The van der Waals surface area contributed by atoms with Gasteiger partial charge < -0.3 is 15.4 Å². The van der Waals surface area contributed by atoms with Crippen LogP contribution in [-0.2, 0) is 6.18 Å². The van der Waals surface area contributed by atoms with Gasteiger partial charge in [-0.25, -0.2) is 4.98 Å². The van der Waals surface area contributed by atoms with Crippen LogP contribution in [0.1, 0.15) is 41.7 Å². The average Bonchev–Trinajstić information content (AvgIpc) is 2.78. The molecule has 1 heterocycles. The number of carbonyl (C=O) groups excluding carboxylic acids is 1. The number of hydrogen-bond donors (Lipinski definition) is 2. The quantitative estimate of drug-likeness (QED) is 0.553. The number of hydrogen-bond acceptors (Lipinski definition) is 4. The SMILES string of the molecule is COc1ccc(C(=O)N[C@@H]2CCC[C@H](Nc3nc(C(F)(F)F)cc4ccccc34)C2)cc1. The highest BCUT2D eigenvalue weighted by Crippen LogP contribution is 2.33. The molecule has 0 bridgehead atoms. The van der Waals surface area contributed by atoms with Gasteiger partial charge in [0.1, 0.15) is 17.3 Å². The van der Waals surface area contributed by atoms with Crippen LogP contribution in [0.15, 0.2) is 54.6 Å². The summed E-state index contributed by atoms with van der Waals surface area (Å²) >= 11 is 0. The van der Waals surface area contributed by atoms with E-state index >= 15 is 0 Å². The molecule has 2 atom stereocenters. The molecule has 1 aliphatic carbocycles. The molecule has 1 aromatic heterocycles. The number of rotatable bonds is 5. The van der Waals surface area contributed by atoms with Gasteiger partial charge in [0.2, 0.25) is 0 Å². The Bertz CT molecular complexity index is 1100. The van der Waals surface area contributed by atoms with Crippen LogP contribution in [0.5, 0.6) is 5.75 Å². The normalized spacial score (nSPS) is 18.9. The van der Waals surface area contributed by atoms with Crippen molar-refractivity contribution in [2.45, 2.75) is 43.9 Å². The molecule has 2 aromatic carbocycles. The predicted octanol–water partition coefficient (Wildman–Crippen LogP) is 5.42. The first-order valence-electron chi connectivity index (χ1n) is 10.5. The summed E-state index contributed by atoms with van der Waals surface area (Å²) in [7, 11) is 1.56. The van der Waals surface area contributed by atoms with Crippen molar-refractivity contribution in [1.29, 1.82) is 0 Å². The maximum absolute atomic E-state index is 13.3. The largest absolute Gasteiger partial charge is 0.497 e. The number of halogens is 3. The minimum Gasteiger partial charge on any atom is -0.497 e. The van der Waals surface area contributed by atoms with Crippen LogP contribution in [0, 0.1) is 0 Å². The molecule has 8 heteroatoms. The molecule has 1 amide bonds. The Morgan fingerprint density at radius 1 is 1.06 bits per heavy atom. The van der Waals surface area contributed by atoms with Gasteiger partial charge in [-0.05, 0) is 61.4 Å². The van der Waals surface area contributed by atoms with Crippen molar-refractivity contribution in [3.8, 4) is 5.75 Å². The van der Waals surface area contributed by atoms with E-state index in [1.807, 2.05) is 0 Å². The van der Waals surface area contributed by atoms with Crippen LogP contribution < -0.4 is 15.4 Å². The zero-order valence-electron chi connectivity index (χ0n) is 17.6.